The van der Waals surface area contributed by atoms with Crippen molar-refractivity contribution in [3.63, 3.8) is 0 Å². The van der Waals surface area contributed by atoms with Crippen LogP contribution in [-0.4, -0.2) is 16.6 Å². The van der Waals surface area contributed by atoms with Gasteiger partial charge in [-0.3, -0.25) is 9.59 Å². The van der Waals surface area contributed by atoms with Crippen molar-refractivity contribution in [3.05, 3.63) is 28.7 Å². The normalized spacial score (nSPS) is 10.1. The number of ketones is 2. The molecule has 1 aromatic rings. The minimum absolute atomic E-state index is 0.243. The van der Waals surface area contributed by atoms with Gasteiger partial charge in [0.1, 0.15) is 17.5 Å². The predicted octanol–water partition coefficient (Wildman–Crippen LogP) is 2.98. The third-order valence-electron chi connectivity index (χ3n) is 2.19. The van der Waals surface area contributed by atoms with Gasteiger partial charge in [0, 0.05) is 10.2 Å². The third kappa shape index (κ3) is 4.02. The first-order valence-electron chi connectivity index (χ1n) is 4.99. The second kappa shape index (κ2) is 6.02. The Hall–Kier alpha value is -1.07. The highest BCUT2D eigenvalue weighted by molar-refractivity contribution is 9.10. The van der Waals surface area contributed by atoms with Crippen molar-refractivity contribution in [1.82, 2.24) is 0 Å². The van der Waals surface area contributed by atoms with Crippen LogP contribution in [0.5, 0.6) is 0 Å². The van der Waals surface area contributed by atoms with E-state index in [9.17, 15) is 9.59 Å². The van der Waals surface area contributed by atoms with Crippen LogP contribution in [0.1, 0.15) is 13.8 Å². The molecular formula is C12H12BrNO2S. The van der Waals surface area contributed by atoms with Gasteiger partial charge in [0.25, 0.3) is 0 Å². The number of rotatable bonds is 4. The van der Waals surface area contributed by atoms with Crippen molar-refractivity contribution in [2.24, 2.45) is 5.92 Å². The van der Waals surface area contributed by atoms with Crippen LogP contribution >= 0.6 is 28.1 Å². The summed E-state index contributed by atoms with van der Waals surface area (Å²) in [4.78, 5) is 22.9. The predicted molar refractivity (Wildman–Crippen MR) is 75.2 cm³/mol. The zero-order valence-electron chi connectivity index (χ0n) is 9.49. The zero-order valence-corrected chi connectivity index (χ0v) is 11.9. The first-order chi connectivity index (χ1) is 7.91. The van der Waals surface area contributed by atoms with Gasteiger partial charge in [0.2, 0.25) is 0 Å². The molecule has 0 saturated heterocycles. The molecule has 3 nitrogen and oxygen atoms in total. The lowest BCUT2D eigenvalue weighted by Gasteiger charge is -2.14. The number of halogens is 1. The van der Waals surface area contributed by atoms with Crippen LogP contribution in [0, 0.1) is 5.92 Å². The maximum Gasteiger partial charge on any atom is 0.147 e. The van der Waals surface area contributed by atoms with E-state index in [1.54, 1.807) is 0 Å². The summed E-state index contributed by atoms with van der Waals surface area (Å²) in [5.41, 5.74) is 0.755. The number of nitrogens with one attached hydrogen (secondary N) is 1. The number of benzene rings is 1. The van der Waals surface area contributed by atoms with Gasteiger partial charge < -0.3 is 5.32 Å². The minimum Gasteiger partial charge on any atom is -0.349 e. The second-order valence-corrected chi connectivity index (χ2v) is 5.01. The molecule has 0 amide bonds. The molecule has 0 bridgehead atoms. The first kappa shape index (κ1) is 14.0. The summed E-state index contributed by atoms with van der Waals surface area (Å²) in [5, 5.41) is 2.90. The van der Waals surface area contributed by atoms with E-state index >= 15 is 0 Å². The van der Waals surface area contributed by atoms with Crippen LogP contribution in [0.15, 0.2) is 28.7 Å². The molecule has 5 heteroatoms. The standard InChI is InChI=1S/C12H12BrNO2S/c1-7(15)11(8(2)16)12(17)14-10-5-3-9(13)4-6-10/h3-6,11H,1-2H3,(H,14,17). The molecule has 0 saturated carbocycles. The molecule has 90 valence electrons. The molecule has 0 spiro atoms. The van der Waals surface area contributed by atoms with Crippen molar-refractivity contribution in [3.8, 4) is 0 Å². The van der Waals surface area contributed by atoms with E-state index in [2.05, 4.69) is 21.2 Å². The van der Waals surface area contributed by atoms with Gasteiger partial charge in [-0.05, 0) is 38.1 Å². The molecule has 0 unspecified atom stereocenters. The Bertz CT molecular complexity index is 442. The number of carbonyl (C=O) groups is 2. The highest BCUT2D eigenvalue weighted by Crippen LogP contribution is 2.16. The lowest BCUT2D eigenvalue weighted by molar-refractivity contribution is -0.127. The molecule has 17 heavy (non-hydrogen) atoms. The summed E-state index contributed by atoms with van der Waals surface area (Å²) in [6, 6.07) is 7.32. The molecule has 0 fully saturated rings. The maximum atomic E-state index is 11.3. The average molecular weight is 314 g/mol. The summed E-state index contributed by atoms with van der Waals surface area (Å²) in [6.45, 7) is 2.73. The van der Waals surface area contributed by atoms with Gasteiger partial charge in [-0.1, -0.05) is 28.1 Å². The molecule has 0 heterocycles. The largest absolute Gasteiger partial charge is 0.349 e. The quantitative estimate of drug-likeness (QED) is 0.685. The summed E-state index contributed by atoms with van der Waals surface area (Å²) in [5.74, 6) is -1.34. The number of Topliss-reactive ketones (excluding diaryl/α,β-unsaturated/α-hetero) is 2. The molecule has 0 atom stereocenters. The Kier molecular flexibility index (Phi) is 4.96. The fraction of sp³-hybridized carbons (Fsp3) is 0.250. The minimum atomic E-state index is -0.853. The summed E-state index contributed by atoms with van der Waals surface area (Å²) < 4.78 is 0.948. The SMILES string of the molecule is CC(=O)C(C(C)=O)C(=S)Nc1ccc(Br)cc1. The van der Waals surface area contributed by atoms with Crippen molar-refractivity contribution in [2.45, 2.75) is 13.8 Å². The molecule has 1 rings (SSSR count). The van der Waals surface area contributed by atoms with Crippen LogP contribution in [-0.2, 0) is 9.59 Å². The smallest absolute Gasteiger partial charge is 0.147 e. The molecule has 1 N–H and O–H groups in total. The van der Waals surface area contributed by atoms with E-state index in [1.807, 2.05) is 24.3 Å². The fourth-order valence-corrected chi connectivity index (χ4v) is 2.12. The third-order valence-corrected chi connectivity index (χ3v) is 3.05. The van der Waals surface area contributed by atoms with Gasteiger partial charge in [0.05, 0.1) is 4.99 Å². The van der Waals surface area contributed by atoms with Gasteiger partial charge in [-0.2, -0.15) is 0 Å². The summed E-state index contributed by atoms with van der Waals surface area (Å²) in [6.07, 6.45) is 0. The van der Waals surface area contributed by atoms with Crippen LogP contribution in [0.25, 0.3) is 0 Å². The summed E-state index contributed by atoms with van der Waals surface area (Å²) in [7, 11) is 0. The Balaban J connectivity index is 2.80. The van der Waals surface area contributed by atoms with E-state index in [4.69, 9.17) is 12.2 Å². The first-order valence-corrected chi connectivity index (χ1v) is 6.19. The number of hydrogen-bond donors (Lipinski definition) is 1. The van der Waals surface area contributed by atoms with Gasteiger partial charge >= 0.3 is 0 Å². The number of thiocarbonyl (C=S) groups is 1. The lowest BCUT2D eigenvalue weighted by atomic mass is 10.0. The molecule has 0 aliphatic carbocycles. The molecular weight excluding hydrogens is 302 g/mol. The van der Waals surface area contributed by atoms with Crippen molar-refractivity contribution < 1.29 is 9.59 Å². The fourth-order valence-electron chi connectivity index (χ4n) is 1.40. The van der Waals surface area contributed by atoms with Gasteiger partial charge in [0.15, 0.2) is 0 Å². The van der Waals surface area contributed by atoms with Crippen LogP contribution in [0.3, 0.4) is 0 Å². The van der Waals surface area contributed by atoms with Crippen molar-refractivity contribution in [1.29, 1.82) is 0 Å². The molecule has 0 aliphatic heterocycles. The molecule has 1 aromatic carbocycles. The van der Waals surface area contributed by atoms with Gasteiger partial charge in [-0.15, -0.1) is 0 Å². The Morgan fingerprint density at radius 1 is 1.18 bits per heavy atom. The van der Waals surface area contributed by atoms with E-state index in [-0.39, 0.29) is 16.6 Å². The van der Waals surface area contributed by atoms with Crippen LogP contribution < -0.4 is 5.32 Å². The number of anilines is 1. The van der Waals surface area contributed by atoms with Crippen LogP contribution in [0.2, 0.25) is 0 Å². The summed E-state index contributed by atoms with van der Waals surface area (Å²) >= 11 is 8.40. The van der Waals surface area contributed by atoms with E-state index in [0.717, 1.165) is 10.2 Å². The van der Waals surface area contributed by atoms with E-state index < -0.39 is 5.92 Å². The molecule has 0 aliphatic rings. The monoisotopic (exact) mass is 313 g/mol. The van der Waals surface area contributed by atoms with Crippen molar-refractivity contribution in [2.75, 3.05) is 5.32 Å². The maximum absolute atomic E-state index is 11.3. The second-order valence-electron chi connectivity index (χ2n) is 3.65. The Labute approximate surface area is 114 Å². The van der Waals surface area contributed by atoms with Crippen LogP contribution in [0.4, 0.5) is 5.69 Å². The van der Waals surface area contributed by atoms with Crippen molar-refractivity contribution >= 4 is 50.4 Å². The lowest BCUT2D eigenvalue weighted by Crippen LogP contribution is -2.32. The zero-order chi connectivity index (χ0) is 13.0. The topological polar surface area (TPSA) is 46.2 Å². The number of hydrogen-bond acceptors (Lipinski definition) is 3. The highest BCUT2D eigenvalue weighted by atomic mass is 79.9. The van der Waals surface area contributed by atoms with E-state index in [1.165, 1.54) is 13.8 Å². The Morgan fingerprint density at radius 2 is 1.65 bits per heavy atom. The molecule has 0 radical (unpaired) electrons. The molecule has 0 aromatic heterocycles. The highest BCUT2D eigenvalue weighted by Gasteiger charge is 2.24. The van der Waals surface area contributed by atoms with E-state index in [0.29, 0.717) is 0 Å². The van der Waals surface area contributed by atoms with Gasteiger partial charge in [-0.25, -0.2) is 0 Å². The Morgan fingerprint density at radius 3 is 2.06 bits per heavy atom. The number of carbonyl (C=O) groups excluding carboxylic acids is 2. The average Bonchev–Trinajstić information content (AvgIpc) is 2.20.